The van der Waals surface area contributed by atoms with Crippen LogP contribution in [-0.2, 0) is 11.5 Å². The topological polar surface area (TPSA) is 54.6 Å². The van der Waals surface area contributed by atoms with E-state index in [1.54, 1.807) is 12.1 Å². The standard InChI is InChI=1S/C14H22BNO3Si/c1-20(2,3)9-8-19-11-16-7-6-12-4-5-13(15(17)18)10-14(12)16/h4-7,10,17-18H,8-9,11H2,1-3H3. The fourth-order valence-electron chi connectivity index (χ4n) is 2.02. The summed E-state index contributed by atoms with van der Waals surface area (Å²) in [5.41, 5.74) is 1.46. The summed E-state index contributed by atoms with van der Waals surface area (Å²) in [5, 5.41) is 19.5. The second-order valence-electron chi connectivity index (χ2n) is 6.33. The Hall–Kier alpha value is -1.08. The van der Waals surface area contributed by atoms with Crippen LogP contribution < -0.4 is 5.46 Å². The maximum Gasteiger partial charge on any atom is 0.488 e. The Morgan fingerprint density at radius 3 is 2.60 bits per heavy atom. The highest BCUT2D eigenvalue weighted by atomic mass is 28.3. The summed E-state index contributed by atoms with van der Waals surface area (Å²) >= 11 is 0. The molecule has 2 aromatic rings. The molecule has 2 N–H and O–H groups in total. The molecule has 0 amide bonds. The van der Waals surface area contributed by atoms with Gasteiger partial charge < -0.3 is 19.4 Å². The highest BCUT2D eigenvalue weighted by molar-refractivity contribution is 6.76. The van der Waals surface area contributed by atoms with Crippen molar-refractivity contribution < 1.29 is 14.8 Å². The Morgan fingerprint density at radius 1 is 1.20 bits per heavy atom. The van der Waals surface area contributed by atoms with Crippen LogP contribution in [-0.4, -0.2) is 36.4 Å². The molecule has 0 aliphatic heterocycles. The van der Waals surface area contributed by atoms with Crippen LogP contribution in [0, 0.1) is 0 Å². The van der Waals surface area contributed by atoms with Crippen molar-refractivity contribution in [1.82, 2.24) is 4.57 Å². The smallest absolute Gasteiger partial charge is 0.423 e. The highest BCUT2D eigenvalue weighted by Crippen LogP contribution is 2.15. The van der Waals surface area contributed by atoms with Crippen molar-refractivity contribution >= 4 is 31.6 Å². The zero-order valence-corrected chi connectivity index (χ0v) is 13.3. The van der Waals surface area contributed by atoms with Crippen LogP contribution in [0.15, 0.2) is 30.5 Å². The van der Waals surface area contributed by atoms with Crippen molar-refractivity contribution in [2.24, 2.45) is 0 Å². The maximum absolute atomic E-state index is 9.23. The molecule has 0 atom stereocenters. The molecule has 0 unspecified atom stereocenters. The SMILES string of the molecule is C[Si](C)(C)CCOCn1ccc2ccc(B(O)O)cc21. The summed E-state index contributed by atoms with van der Waals surface area (Å²) in [6.45, 7) is 8.26. The third-order valence-electron chi connectivity index (χ3n) is 3.32. The van der Waals surface area contributed by atoms with Gasteiger partial charge in [-0.05, 0) is 29.0 Å². The zero-order valence-electron chi connectivity index (χ0n) is 12.3. The van der Waals surface area contributed by atoms with Gasteiger partial charge in [0.05, 0.1) is 0 Å². The third kappa shape index (κ3) is 3.96. The van der Waals surface area contributed by atoms with Crippen molar-refractivity contribution in [3.8, 4) is 0 Å². The minimum absolute atomic E-state index is 0.499. The van der Waals surface area contributed by atoms with Crippen molar-refractivity contribution in [2.75, 3.05) is 6.61 Å². The van der Waals surface area contributed by atoms with Gasteiger partial charge in [0.15, 0.2) is 0 Å². The minimum Gasteiger partial charge on any atom is -0.423 e. The summed E-state index contributed by atoms with van der Waals surface area (Å²) in [4.78, 5) is 0. The Balaban J connectivity index is 2.04. The number of rotatable bonds is 6. The molecule has 2 rings (SSSR count). The lowest BCUT2D eigenvalue weighted by Gasteiger charge is -2.15. The Kier molecular flexibility index (Phi) is 4.70. The number of hydrogen-bond donors (Lipinski definition) is 2. The van der Waals surface area contributed by atoms with E-state index in [0.717, 1.165) is 23.6 Å². The molecule has 4 nitrogen and oxygen atoms in total. The van der Waals surface area contributed by atoms with E-state index in [1.807, 2.05) is 22.9 Å². The summed E-state index contributed by atoms with van der Waals surface area (Å²) < 4.78 is 7.73. The van der Waals surface area contributed by atoms with Gasteiger partial charge >= 0.3 is 7.12 Å². The van der Waals surface area contributed by atoms with E-state index in [1.165, 1.54) is 0 Å². The molecule has 0 fully saturated rings. The van der Waals surface area contributed by atoms with Crippen molar-refractivity contribution in [3.05, 3.63) is 30.5 Å². The monoisotopic (exact) mass is 291 g/mol. The van der Waals surface area contributed by atoms with E-state index in [4.69, 9.17) is 4.74 Å². The molecule has 0 aliphatic rings. The molecule has 0 aliphatic carbocycles. The van der Waals surface area contributed by atoms with Gasteiger partial charge in [-0.15, -0.1) is 0 Å². The molecule has 0 saturated carbocycles. The van der Waals surface area contributed by atoms with E-state index in [-0.39, 0.29) is 0 Å². The molecule has 20 heavy (non-hydrogen) atoms. The fourth-order valence-corrected chi connectivity index (χ4v) is 2.77. The third-order valence-corrected chi connectivity index (χ3v) is 5.03. The predicted molar refractivity (Wildman–Crippen MR) is 85.9 cm³/mol. The second kappa shape index (κ2) is 6.14. The average molecular weight is 291 g/mol. The van der Waals surface area contributed by atoms with Crippen molar-refractivity contribution in [3.63, 3.8) is 0 Å². The van der Waals surface area contributed by atoms with E-state index >= 15 is 0 Å². The highest BCUT2D eigenvalue weighted by Gasteiger charge is 2.13. The first-order valence-electron chi connectivity index (χ1n) is 6.89. The lowest BCUT2D eigenvalue weighted by Crippen LogP contribution is -2.29. The molecule has 0 radical (unpaired) electrons. The van der Waals surface area contributed by atoms with Gasteiger partial charge in [0, 0.05) is 26.4 Å². The average Bonchev–Trinajstić information content (AvgIpc) is 2.76. The van der Waals surface area contributed by atoms with Gasteiger partial charge in [-0.25, -0.2) is 0 Å². The first-order valence-corrected chi connectivity index (χ1v) is 10.6. The number of aromatic nitrogens is 1. The normalized spacial score (nSPS) is 12.1. The van der Waals surface area contributed by atoms with Gasteiger partial charge in [0.2, 0.25) is 0 Å². The van der Waals surface area contributed by atoms with Crippen molar-refractivity contribution in [2.45, 2.75) is 32.4 Å². The lowest BCUT2D eigenvalue weighted by molar-refractivity contribution is 0.0902. The number of benzene rings is 1. The first-order chi connectivity index (χ1) is 9.37. The molecule has 0 bridgehead atoms. The molecule has 1 heterocycles. The molecule has 1 aromatic carbocycles. The molecular formula is C14H22BNO3Si. The van der Waals surface area contributed by atoms with Crippen LogP contribution >= 0.6 is 0 Å². The summed E-state index contributed by atoms with van der Waals surface area (Å²) in [6, 6.07) is 8.56. The lowest BCUT2D eigenvalue weighted by atomic mass is 9.80. The van der Waals surface area contributed by atoms with Gasteiger partial charge in [-0.1, -0.05) is 31.8 Å². The molecular weight excluding hydrogens is 269 g/mol. The molecule has 1 aromatic heterocycles. The van der Waals surface area contributed by atoms with Gasteiger partial charge in [0.25, 0.3) is 0 Å². The summed E-state index contributed by atoms with van der Waals surface area (Å²) in [6.07, 6.45) is 1.96. The van der Waals surface area contributed by atoms with Crippen LogP contribution in [0.3, 0.4) is 0 Å². The molecule has 0 saturated heterocycles. The van der Waals surface area contributed by atoms with Crippen LogP contribution in [0.4, 0.5) is 0 Å². The number of ether oxygens (including phenoxy) is 1. The van der Waals surface area contributed by atoms with Crippen LogP contribution in [0.1, 0.15) is 0 Å². The van der Waals surface area contributed by atoms with Gasteiger partial charge in [-0.2, -0.15) is 0 Å². The largest absolute Gasteiger partial charge is 0.488 e. The second-order valence-corrected chi connectivity index (χ2v) is 11.9. The summed E-state index contributed by atoms with van der Waals surface area (Å²) in [5.74, 6) is 0. The number of hydrogen-bond acceptors (Lipinski definition) is 3. The van der Waals surface area contributed by atoms with Crippen LogP contribution in [0.5, 0.6) is 0 Å². The first kappa shape index (κ1) is 15.3. The van der Waals surface area contributed by atoms with E-state index in [2.05, 4.69) is 19.6 Å². The quantitative estimate of drug-likeness (QED) is 0.628. The van der Waals surface area contributed by atoms with Crippen LogP contribution in [0.25, 0.3) is 10.9 Å². The predicted octanol–water partition coefficient (Wildman–Crippen LogP) is 1.63. The number of fused-ring (bicyclic) bond motifs is 1. The zero-order chi connectivity index (χ0) is 14.8. The fraction of sp³-hybridized carbons (Fsp3) is 0.429. The molecule has 0 spiro atoms. The van der Waals surface area contributed by atoms with Gasteiger partial charge in [-0.3, -0.25) is 0 Å². The van der Waals surface area contributed by atoms with E-state index < -0.39 is 15.2 Å². The van der Waals surface area contributed by atoms with Crippen LogP contribution in [0.2, 0.25) is 25.7 Å². The number of nitrogens with zero attached hydrogens (tertiary/aromatic N) is 1. The van der Waals surface area contributed by atoms with E-state index in [0.29, 0.717) is 12.2 Å². The van der Waals surface area contributed by atoms with E-state index in [9.17, 15) is 10.0 Å². The van der Waals surface area contributed by atoms with Crippen molar-refractivity contribution in [1.29, 1.82) is 0 Å². The molecule has 6 heteroatoms. The Labute approximate surface area is 121 Å². The maximum atomic E-state index is 9.23. The Bertz CT molecular complexity index is 577. The molecule has 108 valence electrons. The Morgan fingerprint density at radius 2 is 1.95 bits per heavy atom. The van der Waals surface area contributed by atoms with Gasteiger partial charge in [0.1, 0.15) is 6.73 Å². The summed E-state index contributed by atoms with van der Waals surface area (Å²) in [7, 11) is -2.49. The minimum atomic E-state index is -1.43.